The van der Waals surface area contributed by atoms with Crippen LogP contribution in [-0.2, 0) is 11.3 Å². The zero-order chi connectivity index (χ0) is 12.3. The molecule has 5 heteroatoms. The molecule has 0 saturated carbocycles. The second-order valence-electron chi connectivity index (χ2n) is 3.28. The second-order valence-corrected chi connectivity index (χ2v) is 4.31. The van der Waals surface area contributed by atoms with Crippen molar-refractivity contribution in [3.63, 3.8) is 0 Å². The fourth-order valence-corrected chi connectivity index (χ4v) is 1.88. The molecule has 88 valence electrons. The molecule has 17 heavy (non-hydrogen) atoms. The predicted octanol–water partition coefficient (Wildman–Crippen LogP) is 3.38. The molecule has 0 bridgehead atoms. The van der Waals surface area contributed by atoms with Gasteiger partial charge in [0.15, 0.2) is 0 Å². The summed E-state index contributed by atoms with van der Waals surface area (Å²) in [7, 11) is 0. The van der Waals surface area contributed by atoms with Gasteiger partial charge in [-0.15, -0.1) is 11.3 Å². The van der Waals surface area contributed by atoms with Crippen LogP contribution in [0.25, 0.3) is 0 Å². The van der Waals surface area contributed by atoms with Crippen molar-refractivity contribution >= 4 is 17.3 Å². The van der Waals surface area contributed by atoms with Crippen LogP contribution in [0.5, 0.6) is 0 Å². The van der Waals surface area contributed by atoms with E-state index in [9.17, 15) is 13.6 Å². The van der Waals surface area contributed by atoms with Crippen LogP contribution in [0.4, 0.5) is 8.78 Å². The van der Waals surface area contributed by atoms with Crippen molar-refractivity contribution in [1.29, 1.82) is 0 Å². The molecule has 0 fully saturated rings. The Labute approximate surface area is 100 Å². The Balaban J connectivity index is 2.04. The molecular formula is C12H8F2O2S. The van der Waals surface area contributed by atoms with Crippen LogP contribution in [0.2, 0.25) is 0 Å². The van der Waals surface area contributed by atoms with E-state index in [1.54, 1.807) is 6.07 Å². The maximum atomic E-state index is 13.2. The lowest BCUT2D eigenvalue weighted by Gasteiger charge is -2.04. The maximum Gasteiger partial charge on any atom is 0.341 e. The lowest BCUT2D eigenvalue weighted by molar-refractivity contribution is 0.0471. The third-order valence-electron chi connectivity index (χ3n) is 2.08. The highest BCUT2D eigenvalue weighted by Gasteiger charge is 2.13. The highest BCUT2D eigenvalue weighted by atomic mass is 32.1. The van der Waals surface area contributed by atoms with Crippen molar-refractivity contribution in [3.05, 3.63) is 57.8 Å². The molecule has 0 radical (unpaired) electrons. The number of thiophene rings is 1. The van der Waals surface area contributed by atoms with Crippen LogP contribution in [0, 0.1) is 11.6 Å². The molecule has 0 N–H and O–H groups in total. The molecule has 2 rings (SSSR count). The minimum atomic E-state index is -0.916. The standard InChI is InChI=1S/C12H8F2O2S/c13-8-3-4-10(11(14)6-8)12(15)16-7-9-2-1-5-17-9/h1-6H,7H2. The largest absolute Gasteiger partial charge is 0.456 e. The quantitative estimate of drug-likeness (QED) is 0.785. The van der Waals surface area contributed by atoms with E-state index in [1.165, 1.54) is 11.3 Å². The van der Waals surface area contributed by atoms with Crippen molar-refractivity contribution in [2.45, 2.75) is 6.61 Å². The van der Waals surface area contributed by atoms with Gasteiger partial charge in [-0.1, -0.05) is 6.07 Å². The van der Waals surface area contributed by atoms with Gasteiger partial charge < -0.3 is 4.74 Å². The Hall–Kier alpha value is -1.75. The molecule has 2 aromatic rings. The zero-order valence-corrected chi connectivity index (χ0v) is 9.47. The van der Waals surface area contributed by atoms with Crippen molar-refractivity contribution in [2.24, 2.45) is 0 Å². The van der Waals surface area contributed by atoms with E-state index < -0.39 is 17.6 Å². The Morgan fingerprint density at radius 3 is 2.76 bits per heavy atom. The molecule has 0 aliphatic heterocycles. The van der Waals surface area contributed by atoms with Crippen molar-refractivity contribution < 1.29 is 18.3 Å². The predicted molar refractivity (Wildman–Crippen MR) is 59.8 cm³/mol. The number of benzene rings is 1. The van der Waals surface area contributed by atoms with Gasteiger partial charge >= 0.3 is 5.97 Å². The Morgan fingerprint density at radius 1 is 1.29 bits per heavy atom. The summed E-state index contributed by atoms with van der Waals surface area (Å²) in [6.45, 7) is 0.0906. The Kier molecular flexibility index (Phi) is 3.49. The Bertz CT molecular complexity index is 523. The van der Waals surface area contributed by atoms with E-state index in [0.717, 1.165) is 17.0 Å². The van der Waals surface area contributed by atoms with Gasteiger partial charge in [0, 0.05) is 10.9 Å². The Morgan fingerprint density at radius 2 is 2.12 bits per heavy atom. The molecule has 2 nitrogen and oxygen atoms in total. The summed E-state index contributed by atoms with van der Waals surface area (Å²) in [6.07, 6.45) is 0. The fraction of sp³-hybridized carbons (Fsp3) is 0.0833. The van der Waals surface area contributed by atoms with Gasteiger partial charge in [-0.25, -0.2) is 13.6 Å². The first-order valence-corrected chi connectivity index (χ1v) is 5.69. The number of hydrogen-bond acceptors (Lipinski definition) is 3. The molecule has 1 aromatic heterocycles. The van der Waals surface area contributed by atoms with Gasteiger partial charge in [0.25, 0.3) is 0 Å². The van der Waals surface area contributed by atoms with Gasteiger partial charge in [-0.3, -0.25) is 0 Å². The summed E-state index contributed by atoms with van der Waals surface area (Å²) in [5, 5.41) is 1.85. The van der Waals surface area contributed by atoms with E-state index in [1.807, 2.05) is 11.4 Å². The van der Waals surface area contributed by atoms with Crippen molar-refractivity contribution in [2.75, 3.05) is 0 Å². The third kappa shape index (κ3) is 2.88. The summed E-state index contributed by atoms with van der Waals surface area (Å²) in [4.78, 5) is 12.4. The van der Waals surface area contributed by atoms with E-state index in [2.05, 4.69) is 0 Å². The normalized spacial score (nSPS) is 10.2. The molecule has 1 aromatic carbocycles. The lowest BCUT2D eigenvalue weighted by Crippen LogP contribution is -2.07. The van der Waals surface area contributed by atoms with Crippen LogP contribution >= 0.6 is 11.3 Å². The minimum absolute atomic E-state index is 0.0906. The molecule has 0 aliphatic carbocycles. The average Bonchev–Trinajstić information content (AvgIpc) is 2.78. The maximum absolute atomic E-state index is 13.2. The molecular weight excluding hydrogens is 246 g/mol. The second kappa shape index (κ2) is 5.05. The third-order valence-corrected chi connectivity index (χ3v) is 2.93. The number of rotatable bonds is 3. The highest BCUT2D eigenvalue weighted by molar-refractivity contribution is 7.09. The number of ether oxygens (including phenoxy) is 1. The van der Waals surface area contributed by atoms with Gasteiger partial charge in [0.05, 0.1) is 5.56 Å². The molecule has 0 amide bonds. The summed E-state index contributed by atoms with van der Waals surface area (Å²) in [5.41, 5.74) is -0.261. The van der Waals surface area contributed by atoms with Gasteiger partial charge in [0.1, 0.15) is 18.2 Å². The summed E-state index contributed by atoms with van der Waals surface area (Å²) in [5.74, 6) is -2.44. The van der Waals surface area contributed by atoms with Crippen LogP contribution in [0.3, 0.4) is 0 Å². The van der Waals surface area contributed by atoms with E-state index in [-0.39, 0.29) is 12.2 Å². The number of halogens is 2. The van der Waals surface area contributed by atoms with E-state index >= 15 is 0 Å². The smallest absolute Gasteiger partial charge is 0.341 e. The van der Waals surface area contributed by atoms with Crippen LogP contribution in [-0.4, -0.2) is 5.97 Å². The molecule has 1 heterocycles. The number of esters is 1. The fourth-order valence-electron chi connectivity index (χ4n) is 1.26. The van der Waals surface area contributed by atoms with Gasteiger partial charge in [-0.05, 0) is 23.6 Å². The van der Waals surface area contributed by atoms with Crippen LogP contribution < -0.4 is 0 Å². The van der Waals surface area contributed by atoms with Crippen molar-refractivity contribution in [3.8, 4) is 0 Å². The molecule has 0 saturated heterocycles. The number of hydrogen-bond donors (Lipinski definition) is 0. The highest BCUT2D eigenvalue weighted by Crippen LogP contribution is 2.14. The van der Waals surface area contributed by atoms with E-state index in [0.29, 0.717) is 6.07 Å². The molecule has 0 unspecified atom stereocenters. The topological polar surface area (TPSA) is 26.3 Å². The van der Waals surface area contributed by atoms with Gasteiger partial charge in [-0.2, -0.15) is 0 Å². The number of carbonyl (C=O) groups is 1. The van der Waals surface area contributed by atoms with Crippen LogP contribution in [0.1, 0.15) is 15.2 Å². The SMILES string of the molecule is O=C(OCc1cccs1)c1ccc(F)cc1F. The minimum Gasteiger partial charge on any atom is -0.456 e. The molecule has 0 aliphatic rings. The molecule has 0 atom stereocenters. The van der Waals surface area contributed by atoms with E-state index in [4.69, 9.17) is 4.74 Å². The number of carbonyl (C=O) groups excluding carboxylic acids is 1. The summed E-state index contributed by atoms with van der Waals surface area (Å²) in [6, 6.07) is 6.37. The average molecular weight is 254 g/mol. The first-order chi connectivity index (χ1) is 8.16. The first-order valence-electron chi connectivity index (χ1n) is 4.81. The van der Waals surface area contributed by atoms with Crippen molar-refractivity contribution in [1.82, 2.24) is 0 Å². The lowest BCUT2D eigenvalue weighted by atomic mass is 10.2. The summed E-state index contributed by atoms with van der Waals surface area (Å²) < 4.78 is 30.8. The van der Waals surface area contributed by atoms with Crippen LogP contribution in [0.15, 0.2) is 35.7 Å². The van der Waals surface area contributed by atoms with Gasteiger partial charge in [0.2, 0.25) is 0 Å². The first kappa shape index (κ1) is 11.7. The summed E-state index contributed by atoms with van der Waals surface area (Å²) >= 11 is 1.44. The monoisotopic (exact) mass is 254 g/mol. The zero-order valence-electron chi connectivity index (χ0n) is 8.65. The molecule has 0 spiro atoms.